The molecule has 1 amide bonds. The maximum Gasteiger partial charge on any atom is 0.289 e. The SMILES string of the molecule is CO/C(=C\c1ccccc1)C(=O)N1CCCC1c1nn[nH]n1. The second kappa shape index (κ2) is 6.38. The average Bonchev–Trinajstić information content (AvgIpc) is 3.23. The third-order valence-corrected chi connectivity index (χ3v) is 3.70. The Labute approximate surface area is 128 Å². The van der Waals surface area contributed by atoms with Gasteiger partial charge in [0.1, 0.15) is 0 Å². The molecule has 0 radical (unpaired) electrons. The fraction of sp³-hybridized carbons (Fsp3) is 0.333. The Bertz CT molecular complexity index is 654. The van der Waals surface area contributed by atoms with Crippen LogP contribution in [0.1, 0.15) is 30.3 Å². The Hall–Kier alpha value is -2.70. The summed E-state index contributed by atoms with van der Waals surface area (Å²) in [7, 11) is 1.51. The molecule has 1 aromatic heterocycles. The van der Waals surface area contributed by atoms with Gasteiger partial charge >= 0.3 is 0 Å². The summed E-state index contributed by atoms with van der Waals surface area (Å²) in [5.41, 5.74) is 0.919. The minimum absolute atomic E-state index is 0.152. The molecule has 1 saturated heterocycles. The molecule has 0 spiro atoms. The molecule has 1 unspecified atom stereocenters. The zero-order valence-corrected chi connectivity index (χ0v) is 12.3. The number of rotatable bonds is 4. The molecule has 114 valence electrons. The molecule has 2 aromatic rings. The molecule has 1 atom stereocenters. The van der Waals surface area contributed by atoms with E-state index >= 15 is 0 Å². The zero-order chi connectivity index (χ0) is 15.4. The van der Waals surface area contributed by atoms with Crippen molar-refractivity contribution in [3.05, 3.63) is 47.5 Å². The maximum atomic E-state index is 12.7. The number of amides is 1. The van der Waals surface area contributed by atoms with Crippen LogP contribution in [0, 0.1) is 0 Å². The number of likely N-dealkylation sites (tertiary alicyclic amines) is 1. The number of ether oxygens (including phenoxy) is 1. The topological polar surface area (TPSA) is 84.0 Å². The summed E-state index contributed by atoms with van der Waals surface area (Å²) < 4.78 is 5.30. The standard InChI is InChI=1S/C15H17N5O2/c1-22-13(10-11-6-3-2-4-7-11)15(21)20-9-5-8-12(20)14-16-18-19-17-14/h2-4,6-7,10,12H,5,8-9H2,1H3,(H,16,17,18,19)/b13-10-. The molecule has 1 aliphatic rings. The van der Waals surface area contributed by atoms with E-state index in [1.54, 1.807) is 11.0 Å². The summed E-state index contributed by atoms with van der Waals surface area (Å²) in [6, 6.07) is 9.46. The minimum atomic E-state index is -0.154. The van der Waals surface area contributed by atoms with E-state index in [0.29, 0.717) is 18.1 Å². The Balaban J connectivity index is 1.83. The fourth-order valence-corrected chi connectivity index (χ4v) is 2.64. The van der Waals surface area contributed by atoms with Crippen LogP contribution in [-0.2, 0) is 9.53 Å². The van der Waals surface area contributed by atoms with Gasteiger partial charge in [-0.3, -0.25) is 4.79 Å². The number of H-pyrrole nitrogens is 1. The van der Waals surface area contributed by atoms with Crippen LogP contribution in [0.15, 0.2) is 36.1 Å². The van der Waals surface area contributed by atoms with Crippen molar-refractivity contribution in [3.8, 4) is 0 Å². The number of carbonyl (C=O) groups is 1. The lowest BCUT2D eigenvalue weighted by molar-refractivity contribution is -0.131. The molecule has 3 rings (SSSR count). The number of carbonyl (C=O) groups excluding carboxylic acids is 1. The predicted octanol–water partition coefficient (Wildman–Crippen LogP) is 1.55. The first kappa shape index (κ1) is 14.2. The monoisotopic (exact) mass is 299 g/mol. The van der Waals surface area contributed by atoms with E-state index in [1.165, 1.54) is 7.11 Å². The van der Waals surface area contributed by atoms with Crippen LogP contribution in [0.25, 0.3) is 6.08 Å². The highest BCUT2D eigenvalue weighted by Crippen LogP contribution is 2.30. The average molecular weight is 299 g/mol. The highest BCUT2D eigenvalue weighted by Gasteiger charge is 2.34. The van der Waals surface area contributed by atoms with E-state index in [2.05, 4.69) is 20.6 Å². The van der Waals surface area contributed by atoms with Gasteiger partial charge in [0.15, 0.2) is 11.6 Å². The van der Waals surface area contributed by atoms with Crippen LogP contribution >= 0.6 is 0 Å². The largest absolute Gasteiger partial charge is 0.491 e. The van der Waals surface area contributed by atoms with Crippen LogP contribution in [0.4, 0.5) is 0 Å². The number of hydrogen-bond acceptors (Lipinski definition) is 5. The lowest BCUT2D eigenvalue weighted by atomic mass is 10.2. The highest BCUT2D eigenvalue weighted by atomic mass is 16.5. The van der Waals surface area contributed by atoms with Crippen molar-refractivity contribution in [1.29, 1.82) is 0 Å². The van der Waals surface area contributed by atoms with Crippen molar-refractivity contribution in [2.45, 2.75) is 18.9 Å². The molecule has 0 aliphatic carbocycles. The number of hydrogen-bond donors (Lipinski definition) is 1. The van der Waals surface area contributed by atoms with Gasteiger partial charge in [-0.15, -0.1) is 10.2 Å². The molecule has 1 aliphatic heterocycles. The fourth-order valence-electron chi connectivity index (χ4n) is 2.64. The highest BCUT2D eigenvalue weighted by molar-refractivity contribution is 5.96. The number of tetrazole rings is 1. The van der Waals surface area contributed by atoms with Gasteiger partial charge in [-0.1, -0.05) is 35.5 Å². The number of methoxy groups -OCH3 is 1. The third kappa shape index (κ3) is 2.83. The maximum absolute atomic E-state index is 12.7. The van der Waals surface area contributed by atoms with Crippen LogP contribution in [-0.4, -0.2) is 45.1 Å². The summed E-state index contributed by atoms with van der Waals surface area (Å²) in [6.07, 6.45) is 3.48. The molecule has 7 heteroatoms. The summed E-state index contributed by atoms with van der Waals surface area (Å²) in [5.74, 6) is 0.696. The van der Waals surface area contributed by atoms with Crippen molar-refractivity contribution in [1.82, 2.24) is 25.5 Å². The molecule has 1 fully saturated rings. The second-order valence-corrected chi connectivity index (χ2v) is 5.05. The van der Waals surface area contributed by atoms with Crippen molar-refractivity contribution < 1.29 is 9.53 Å². The zero-order valence-electron chi connectivity index (χ0n) is 12.3. The van der Waals surface area contributed by atoms with Gasteiger partial charge in [0.25, 0.3) is 5.91 Å². The van der Waals surface area contributed by atoms with E-state index < -0.39 is 0 Å². The lowest BCUT2D eigenvalue weighted by Gasteiger charge is -2.22. The Morgan fingerprint density at radius 1 is 1.41 bits per heavy atom. The van der Waals surface area contributed by atoms with Crippen LogP contribution in [0.3, 0.4) is 0 Å². The smallest absolute Gasteiger partial charge is 0.289 e. The lowest BCUT2D eigenvalue weighted by Crippen LogP contribution is -2.32. The number of aromatic amines is 1. The molecule has 1 N–H and O–H groups in total. The molecule has 1 aromatic carbocycles. The Kier molecular flexibility index (Phi) is 4.13. The van der Waals surface area contributed by atoms with E-state index in [1.807, 2.05) is 30.3 Å². The molecular weight excluding hydrogens is 282 g/mol. The van der Waals surface area contributed by atoms with Crippen molar-refractivity contribution in [2.75, 3.05) is 13.7 Å². The van der Waals surface area contributed by atoms with E-state index in [-0.39, 0.29) is 11.9 Å². The molecule has 0 saturated carbocycles. The number of aromatic nitrogens is 4. The van der Waals surface area contributed by atoms with Gasteiger partial charge in [0.2, 0.25) is 0 Å². The van der Waals surface area contributed by atoms with Gasteiger partial charge in [0.05, 0.1) is 13.2 Å². The minimum Gasteiger partial charge on any atom is -0.491 e. The predicted molar refractivity (Wildman–Crippen MR) is 79.3 cm³/mol. The molecule has 22 heavy (non-hydrogen) atoms. The van der Waals surface area contributed by atoms with Gasteiger partial charge in [-0.25, -0.2) is 0 Å². The molecule has 2 heterocycles. The van der Waals surface area contributed by atoms with Crippen molar-refractivity contribution in [3.63, 3.8) is 0 Å². The van der Waals surface area contributed by atoms with Crippen LogP contribution in [0.2, 0.25) is 0 Å². The quantitative estimate of drug-likeness (QED) is 0.684. The van der Waals surface area contributed by atoms with Crippen molar-refractivity contribution in [2.24, 2.45) is 0 Å². The van der Waals surface area contributed by atoms with Gasteiger partial charge < -0.3 is 9.64 Å². The first-order valence-corrected chi connectivity index (χ1v) is 7.14. The number of nitrogens with one attached hydrogen (secondary N) is 1. The number of benzene rings is 1. The van der Waals surface area contributed by atoms with E-state index in [4.69, 9.17) is 4.74 Å². The van der Waals surface area contributed by atoms with E-state index in [9.17, 15) is 4.79 Å². The first-order chi connectivity index (χ1) is 10.8. The second-order valence-electron chi connectivity index (χ2n) is 5.05. The molecule has 7 nitrogen and oxygen atoms in total. The van der Waals surface area contributed by atoms with Crippen molar-refractivity contribution >= 4 is 12.0 Å². The summed E-state index contributed by atoms with van der Waals surface area (Å²) in [6.45, 7) is 0.660. The molecule has 0 bridgehead atoms. The van der Waals surface area contributed by atoms with Gasteiger partial charge in [-0.2, -0.15) is 5.21 Å². The normalized spacial score (nSPS) is 18.5. The third-order valence-electron chi connectivity index (χ3n) is 3.70. The van der Waals surface area contributed by atoms with Crippen LogP contribution in [0.5, 0.6) is 0 Å². The number of nitrogens with zero attached hydrogens (tertiary/aromatic N) is 4. The summed E-state index contributed by atoms with van der Waals surface area (Å²) >= 11 is 0. The Morgan fingerprint density at radius 3 is 2.91 bits per heavy atom. The van der Waals surface area contributed by atoms with Crippen LogP contribution < -0.4 is 0 Å². The summed E-state index contributed by atoms with van der Waals surface area (Å²) in [5, 5.41) is 14.0. The van der Waals surface area contributed by atoms with Gasteiger partial charge in [0, 0.05) is 6.54 Å². The van der Waals surface area contributed by atoms with Gasteiger partial charge in [-0.05, 0) is 24.5 Å². The van der Waals surface area contributed by atoms with E-state index in [0.717, 1.165) is 18.4 Å². The first-order valence-electron chi connectivity index (χ1n) is 7.14. The molecular formula is C15H17N5O2. The summed E-state index contributed by atoms with van der Waals surface area (Å²) in [4.78, 5) is 14.5. The Morgan fingerprint density at radius 2 is 2.23 bits per heavy atom.